The summed E-state index contributed by atoms with van der Waals surface area (Å²) in [6.07, 6.45) is 3.16. The SMILES string of the molecule is CN1C(=O)[C@@](O)(C#Cc2cccc(-c3cccc(C(N)=O)n3)c2)[C@@H]2C[C@@H]21.CN1C(=O)[C@@](O)(C#Cc2cccc(-c3cccc(C(N)=O)n3)c2)[C@H]2C[C@H]21.CN1C(=O)[C@](O)(C#Cc2cccc(-c3cccc(C(N)=O)n3)c2)[C@@H]2C[C@@H]21.CN1C(=O)[C@](O)(C#Cc2cccc(-c3cccc(C(N)=O)n3)c2)[C@H]2C[C@H]21. The second-order valence-corrected chi connectivity index (χ2v) is 26.8. The van der Waals surface area contributed by atoms with Gasteiger partial charge in [-0.1, -0.05) is 120 Å². The van der Waals surface area contributed by atoms with Crippen LogP contribution in [0, 0.1) is 71.0 Å². The number of carbonyl (C=O) groups excluding carboxylic acids is 8. The van der Waals surface area contributed by atoms with Crippen LogP contribution in [0.4, 0.5) is 0 Å². The molecule has 520 valence electrons. The second-order valence-electron chi connectivity index (χ2n) is 26.8. The fourth-order valence-electron chi connectivity index (χ4n) is 13.8. The first-order chi connectivity index (χ1) is 49.6. The van der Waals surface area contributed by atoms with E-state index in [1.54, 1.807) is 169 Å². The van der Waals surface area contributed by atoms with Gasteiger partial charge in [0.15, 0.2) is 0 Å². The standard InChI is InChI=1S/4C20H17N3O3/c4*1-23-17-11-14(17)20(26,19(23)25)9-8-12-4-2-5-13(10-12)15-6-3-7-16(22-15)18(21)24/h4*2-7,10,14,17,26H,11H2,1H3,(H2,21,24)/t2*14-,17+,20+;2*14-,17+,20-/m1010/s1. The summed E-state index contributed by atoms with van der Waals surface area (Å²) >= 11 is 0. The summed E-state index contributed by atoms with van der Waals surface area (Å²) in [5.74, 6) is 18.6. The molecule has 4 saturated carbocycles. The molecule has 8 fully saturated rings. The van der Waals surface area contributed by atoms with Gasteiger partial charge < -0.3 is 63.0 Å². The molecule has 24 nitrogen and oxygen atoms in total. The zero-order valence-electron chi connectivity index (χ0n) is 56.6. The predicted molar refractivity (Wildman–Crippen MR) is 379 cm³/mol. The van der Waals surface area contributed by atoms with Crippen molar-refractivity contribution in [2.24, 2.45) is 46.6 Å². The summed E-state index contributed by atoms with van der Waals surface area (Å²) in [6.45, 7) is 0. The van der Waals surface area contributed by atoms with Crippen LogP contribution in [0.3, 0.4) is 0 Å². The minimum absolute atomic E-state index is 0.105. The van der Waals surface area contributed by atoms with Gasteiger partial charge in [0.2, 0.25) is 22.4 Å². The zero-order valence-corrected chi connectivity index (χ0v) is 56.6. The number of nitrogens with two attached hydrogens (primary N) is 4. The monoisotopic (exact) mass is 1390 g/mol. The minimum Gasteiger partial charge on any atom is -0.369 e. The van der Waals surface area contributed by atoms with Crippen molar-refractivity contribution in [2.45, 2.75) is 72.3 Å². The van der Waals surface area contributed by atoms with Gasteiger partial charge in [0.05, 0.1) is 22.8 Å². The Morgan fingerprint density at radius 3 is 0.702 bits per heavy atom. The Morgan fingerprint density at radius 1 is 0.337 bits per heavy atom. The summed E-state index contributed by atoms with van der Waals surface area (Å²) in [6, 6.07) is 49.6. The molecular formula is C80H68N12O12. The van der Waals surface area contributed by atoms with Gasteiger partial charge in [0.1, 0.15) is 22.8 Å². The van der Waals surface area contributed by atoms with E-state index in [2.05, 4.69) is 67.3 Å². The normalized spacial score (nSPS) is 26.1. The lowest BCUT2D eigenvalue weighted by molar-refractivity contribution is -0.141. The van der Waals surface area contributed by atoms with Gasteiger partial charge in [-0.2, -0.15) is 0 Å². The third-order valence-electron chi connectivity index (χ3n) is 20.0. The Kier molecular flexibility index (Phi) is 18.1. The molecule has 0 bridgehead atoms. The second kappa shape index (κ2) is 27.0. The number of carbonyl (C=O) groups is 8. The Labute approximate surface area is 597 Å². The first-order valence-corrected chi connectivity index (χ1v) is 33.2. The average molecular weight is 1390 g/mol. The van der Waals surface area contributed by atoms with Crippen molar-refractivity contribution in [3.05, 3.63) is 215 Å². The molecule has 24 heteroatoms. The van der Waals surface area contributed by atoms with E-state index in [0.29, 0.717) is 45.0 Å². The molecule has 4 saturated heterocycles. The molecule has 8 aromatic rings. The number of fused-ring (bicyclic) bond motifs is 4. The van der Waals surface area contributed by atoms with Crippen LogP contribution in [0.25, 0.3) is 45.0 Å². The molecule has 0 unspecified atom stereocenters. The van der Waals surface area contributed by atoms with Crippen LogP contribution >= 0.6 is 0 Å². The number of likely N-dealkylation sites (N-methyl/N-ethyl adjacent to an activating group) is 4. The zero-order chi connectivity index (χ0) is 73.9. The van der Waals surface area contributed by atoms with Crippen LogP contribution in [0.2, 0.25) is 0 Å². The summed E-state index contributed by atoms with van der Waals surface area (Å²) in [5.41, 5.74) is 23.6. The third kappa shape index (κ3) is 13.5. The van der Waals surface area contributed by atoms with Gasteiger partial charge in [-0.3, -0.25) is 38.4 Å². The van der Waals surface area contributed by atoms with Crippen molar-refractivity contribution in [1.82, 2.24) is 39.5 Å². The highest BCUT2D eigenvalue weighted by Gasteiger charge is 2.68. The number of pyridine rings is 4. The maximum Gasteiger partial charge on any atom is 0.267 e. The van der Waals surface area contributed by atoms with E-state index in [1.807, 2.05) is 48.5 Å². The van der Waals surface area contributed by atoms with Crippen molar-refractivity contribution in [3.8, 4) is 92.4 Å². The number of nitrogens with zero attached hydrogens (tertiary/aromatic N) is 8. The third-order valence-corrected chi connectivity index (χ3v) is 20.0. The molecule has 16 rings (SSSR count). The first-order valence-electron chi connectivity index (χ1n) is 33.2. The Bertz CT molecular complexity index is 4610. The molecule has 0 spiro atoms. The van der Waals surface area contributed by atoms with Crippen molar-refractivity contribution in [3.63, 3.8) is 0 Å². The van der Waals surface area contributed by atoms with Gasteiger partial charge >= 0.3 is 0 Å². The number of rotatable bonds is 8. The van der Waals surface area contributed by atoms with Gasteiger partial charge in [-0.25, -0.2) is 19.9 Å². The molecule has 12 N–H and O–H groups in total. The Balaban J connectivity index is 0.000000123. The number of primary amides is 4. The average Bonchev–Trinajstić information content (AvgIpc) is 1.58. The van der Waals surface area contributed by atoms with E-state index < -0.39 is 46.0 Å². The summed E-state index contributed by atoms with van der Waals surface area (Å²) in [4.78, 5) is 117. The van der Waals surface area contributed by atoms with Crippen molar-refractivity contribution in [2.75, 3.05) is 28.2 Å². The molecule has 8 aliphatic rings. The van der Waals surface area contributed by atoms with Crippen molar-refractivity contribution < 1.29 is 58.8 Å². The quantitative estimate of drug-likeness (QED) is 0.101. The largest absolute Gasteiger partial charge is 0.369 e. The highest BCUT2D eigenvalue weighted by Crippen LogP contribution is 2.53. The maximum atomic E-state index is 12.2. The Hall–Kier alpha value is -12.7. The molecule has 4 aromatic carbocycles. The highest BCUT2D eigenvalue weighted by atomic mass is 16.3. The van der Waals surface area contributed by atoms with Gasteiger partial charge in [0.25, 0.3) is 47.3 Å². The summed E-state index contributed by atoms with van der Waals surface area (Å²) < 4.78 is 0. The number of amides is 8. The summed E-state index contributed by atoms with van der Waals surface area (Å²) in [7, 11) is 6.80. The molecule has 4 aliphatic heterocycles. The maximum absolute atomic E-state index is 12.2. The predicted octanol–water partition coefficient (Wildman–Crippen LogP) is 3.16. The molecule has 4 aliphatic carbocycles. The van der Waals surface area contributed by atoms with Crippen LogP contribution in [-0.2, 0) is 19.2 Å². The van der Waals surface area contributed by atoms with E-state index in [4.69, 9.17) is 22.9 Å². The molecule has 4 aromatic heterocycles. The molecule has 8 heterocycles. The number of likely N-dealkylation sites (tertiary alicyclic amines) is 4. The van der Waals surface area contributed by atoms with Crippen molar-refractivity contribution >= 4 is 47.3 Å². The topological polar surface area (TPSA) is 386 Å². The fourth-order valence-corrected chi connectivity index (χ4v) is 13.8. The van der Waals surface area contributed by atoms with Crippen molar-refractivity contribution in [1.29, 1.82) is 0 Å². The minimum atomic E-state index is -1.60. The smallest absolute Gasteiger partial charge is 0.267 e. The first kappa shape index (κ1) is 69.8. The van der Waals surface area contributed by atoms with Crippen LogP contribution in [0.15, 0.2) is 170 Å². The van der Waals surface area contributed by atoms with Gasteiger partial charge in [-0.15, -0.1) is 0 Å². The van der Waals surface area contributed by atoms with Crippen LogP contribution in [-0.4, -0.2) is 182 Å². The van der Waals surface area contributed by atoms with E-state index >= 15 is 0 Å². The fraction of sp³-hybridized carbons (Fsp3) is 0.250. The van der Waals surface area contributed by atoms with E-state index in [9.17, 15) is 58.8 Å². The van der Waals surface area contributed by atoms with Crippen LogP contribution < -0.4 is 22.9 Å². The molecular weight excluding hydrogens is 1320 g/mol. The lowest BCUT2D eigenvalue weighted by atomic mass is 9.98. The molecule has 0 radical (unpaired) electrons. The van der Waals surface area contributed by atoms with E-state index in [0.717, 1.165) is 47.9 Å². The van der Waals surface area contributed by atoms with Gasteiger partial charge in [0, 0.05) is 121 Å². The molecule has 8 amide bonds. The number of benzene rings is 4. The lowest BCUT2D eigenvalue weighted by Crippen LogP contribution is -2.41. The highest BCUT2D eigenvalue weighted by molar-refractivity contribution is 5.97. The number of piperidine rings is 4. The lowest BCUT2D eigenvalue weighted by Gasteiger charge is -2.18. The number of aromatic nitrogens is 4. The summed E-state index contributed by atoms with van der Waals surface area (Å²) in [5, 5.41) is 42.6. The molecule has 12 atom stereocenters. The van der Waals surface area contributed by atoms with Crippen LogP contribution in [0.5, 0.6) is 0 Å². The van der Waals surface area contributed by atoms with Crippen LogP contribution in [0.1, 0.15) is 89.9 Å². The number of hydrogen-bond acceptors (Lipinski definition) is 16. The van der Waals surface area contributed by atoms with Gasteiger partial charge in [-0.05, 0) is 123 Å². The molecule has 104 heavy (non-hydrogen) atoms. The number of hydrogen-bond donors (Lipinski definition) is 8. The van der Waals surface area contributed by atoms with E-state index in [1.165, 1.54) is 0 Å². The Morgan fingerprint density at radius 2 is 0.529 bits per heavy atom. The van der Waals surface area contributed by atoms with E-state index in [-0.39, 0.29) is 94.2 Å². The number of aliphatic hydroxyl groups is 4.